The lowest BCUT2D eigenvalue weighted by Gasteiger charge is -2.23. The number of ether oxygens (including phenoxy) is 1. The van der Waals surface area contributed by atoms with Gasteiger partial charge in [0.25, 0.3) is 5.91 Å². The van der Waals surface area contributed by atoms with E-state index in [1.54, 1.807) is 4.90 Å². The monoisotopic (exact) mass is 425 g/mol. The summed E-state index contributed by atoms with van der Waals surface area (Å²) in [7, 11) is 4.01. The molecule has 0 bridgehead atoms. The van der Waals surface area contributed by atoms with Gasteiger partial charge in [0.15, 0.2) is 5.13 Å². The Balaban J connectivity index is 1.94. The van der Waals surface area contributed by atoms with Crippen molar-refractivity contribution < 1.29 is 9.53 Å². The van der Waals surface area contributed by atoms with E-state index in [4.69, 9.17) is 9.72 Å². The second-order valence-corrected chi connectivity index (χ2v) is 9.66. The number of hydrogen-bond donors (Lipinski definition) is 0. The molecule has 3 aromatic rings. The van der Waals surface area contributed by atoms with Crippen LogP contribution in [0.3, 0.4) is 0 Å². The van der Waals surface area contributed by atoms with Crippen molar-refractivity contribution in [3.8, 4) is 5.75 Å². The van der Waals surface area contributed by atoms with Crippen LogP contribution in [0.4, 0.5) is 5.13 Å². The molecule has 0 radical (unpaired) electrons. The van der Waals surface area contributed by atoms with Gasteiger partial charge in [-0.3, -0.25) is 9.69 Å². The quantitative estimate of drug-likeness (QED) is 0.522. The SMILES string of the molecule is CCOc1ccc2nc(N(CCN(C)C)C(=O)c3ccc(C(C)(C)C)cc3)sc2c1. The molecular weight excluding hydrogens is 394 g/mol. The molecule has 1 amide bonds. The number of likely N-dealkylation sites (N-methyl/N-ethyl adjacent to an activating group) is 1. The number of carbonyl (C=O) groups is 1. The fourth-order valence-electron chi connectivity index (χ4n) is 3.12. The first kappa shape index (κ1) is 22.2. The van der Waals surface area contributed by atoms with Gasteiger partial charge in [0.2, 0.25) is 0 Å². The first-order chi connectivity index (χ1) is 14.2. The van der Waals surface area contributed by atoms with E-state index < -0.39 is 0 Å². The first-order valence-electron chi connectivity index (χ1n) is 10.3. The summed E-state index contributed by atoms with van der Waals surface area (Å²) in [6, 6.07) is 13.8. The summed E-state index contributed by atoms with van der Waals surface area (Å²) < 4.78 is 6.63. The Morgan fingerprint density at radius 2 is 1.77 bits per heavy atom. The molecule has 1 heterocycles. The molecule has 0 fully saturated rings. The number of nitrogens with zero attached hydrogens (tertiary/aromatic N) is 3. The van der Waals surface area contributed by atoms with Crippen LogP contribution >= 0.6 is 11.3 Å². The second kappa shape index (κ2) is 9.14. The highest BCUT2D eigenvalue weighted by Gasteiger charge is 2.22. The van der Waals surface area contributed by atoms with Crippen LogP contribution in [-0.4, -0.2) is 49.6 Å². The van der Waals surface area contributed by atoms with Crippen LogP contribution in [0.2, 0.25) is 0 Å². The van der Waals surface area contributed by atoms with Gasteiger partial charge in [-0.15, -0.1) is 0 Å². The summed E-state index contributed by atoms with van der Waals surface area (Å²) in [5, 5.41) is 0.713. The molecule has 0 aliphatic heterocycles. The lowest BCUT2D eigenvalue weighted by atomic mass is 9.86. The summed E-state index contributed by atoms with van der Waals surface area (Å²) in [5.41, 5.74) is 2.82. The molecule has 2 aromatic carbocycles. The largest absolute Gasteiger partial charge is 0.494 e. The summed E-state index contributed by atoms with van der Waals surface area (Å²) in [4.78, 5) is 22.0. The molecule has 0 aliphatic rings. The summed E-state index contributed by atoms with van der Waals surface area (Å²) >= 11 is 1.52. The lowest BCUT2D eigenvalue weighted by molar-refractivity contribution is 0.0985. The van der Waals surface area contributed by atoms with E-state index in [9.17, 15) is 4.79 Å². The summed E-state index contributed by atoms with van der Waals surface area (Å²) in [6.45, 7) is 10.4. The lowest BCUT2D eigenvalue weighted by Crippen LogP contribution is -2.36. The van der Waals surface area contributed by atoms with Gasteiger partial charge < -0.3 is 9.64 Å². The molecular formula is C24H31N3O2S. The third-order valence-corrected chi connectivity index (χ3v) is 5.95. The third kappa shape index (κ3) is 5.18. The molecule has 0 N–H and O–H groups in total. The van der Waals surface area contributed by atoms with Crippen molar-refractivity contribution in [2.45, 2.75) is 33.1 Å². The van der Waals surface area contributed by atoms with Crippen molar-refractivity contribution in [2.75, 3.05) is 38.7 Å². The number of hydrogen-bond acceptors (Lipinski definition) is 5. The van der Waals surface area contributed by atoms with Crippen LogP contribution in [0, 0.1) is 0 Å². The van der Waals surface area contributed by atoms with Gasteiger partial charge in [-0.2, -0.15) is 0 Å². The fourth-order valence-corrected chi connectivity index (χ4v) is 4.14. The maximum atomic E-state index is 13.4. The van der Waals surface area contributed by atoms with Crippen molar-refractivity contribution in [3.63, 3.8) is 0 Å². The molecule has 0 atom stereocenters. The number of benzene rings is 2. The van der Waals surface area contributed by atoms with E-state index in [-0.39, 0.29) is 11.3 Å². The normalized spacial score (nSPS) is 11.8. The summed E-state index contributed by atoms with van der Waals surface area (Å²) in [5.74, 6) is 0.797. The van der Waals surface area contributed by atoms with Crippen LogP contribution in [0.1, 0.15) is 43.6 Å². The zero-order valence-corrected chi connectivity index (χ0v) is 19.5. The molecule has 0 saturated carbocycles. The Kier molecular flexibility index (Phi) is 6.78. The maximum absolute atomic E-state index is 13.4. The molecule has 30 heavy (non-hydrogen) atoms. The number of anilines is 1. The standard InChI is InChI=1S/C24H31N3O2S/c1-7-29-19-12-13-20-21(16-19)30-23(25-20)27(15-14-26(5)6)22(28)17-8-10-18(11-9-17)24(2,3)4/h8-13,16H,7,14-15H2,1-6H3. The average molecular weight is 426 g/mol. The van der Waals surface area contributed by atoms with Crippen LogP contribution in [0.15, 0.2) is 42.5 Å². The van der Waals surface area contributed by atoms with E-state index in [0.29, 0.717) is 23.8 Å². The highest BCUT2D eigenvalue weighted by Crippen LogP contribution is 2.32. The van der Waals surface area contributed by atoms with Gasteiger partial charge in [0.1, 0.15) is 5.75 Å². The minimum Gasteiger partial charge on any atom is -0.494 e. The third-order valence-electron chi connectivity index (χ3n) is 4.90. The predicted octanol–water partition coefficient (Wildman–Crippen LogP) is 5.20. The number of rotatable bonds is 7. The van der Waals surface area contributed by atoms with Gasteiger partial charge in [-0.25, -0.2) is 4.98 Å². The van der Waals surface area contributed by atoms with Crippen LogP contribution in [0.25, 0.3) is 10.2 Å². The van der Waals surface area contributed by atoms with Gasteiger partial charge in [-0.05, 0) is 62.3 Å². The molecule has 1 aromatic heterocycles. The van der Waals surface area contributed by atoms with E-state index in [0.717, 1.165) is 22.5 Å². The van der Waals surface area contributed by atoms with Gasteiger partial charge in [0.05, 0.1) is 16.8 Å². The fraction of sp³-hybridized carbons (Fsp3) is 0.417. The average Bonchev–Trinajstić information content (AvgIpc) is 3.10. The minimum absolute atomic E-state index is 0.0265. The smallest absolute Gasteiger partial charge is 0.260 e. The van der Waals surface area contributed by atoms with E-state index >= 15 is 0 Å². The molecule has 5 nitrogen and oxygen atoms in total. The van der Waals surface area contributed by atoms with Crippen LogP contribution in [-0.2, 0) is 5.41 Å². The molecule has 0 spiro atoms. The Morgan fingerprint density at radius 3 is 2.37 bits per heavy atom. The minimum atomic E-state index is -0.0265. The molecule has 0 saturated heterocycles. The van der Waals surface area contributed by atoms with Crippen molar-refractivity contribution in [2.24, 2.45) is 0 Å². The molecule has 0 unspecified atom stereocenters. The van der Waals surface area contributed by atoms with Crippen LogP contribution in [0.5, 0.6) is 5.75 Å². The van der Waals surface area contributed by atoms with Crippen molar-refractivity contribution >= 4 is 32.6 Å². The number of amides is 1. The van der Waals surface area contributed by atoms with E-state index in [1.165, 1.54) is 16.9 Å². The van der Waals surface area contributed by atoms with Crippen LogP contribution < -0.4 is 9.64 Å². The number of fused-ring (bicyclic) bond motifs is 1. The van der Waals surface area contributed by atoms with Gasteiger partial charge >= 0.3 is 0 Å². The zero-order chi connectivity index (χ0) is 21.9. The number of carbonyl (C=O) groups excluding carboxylic acids is 1. The highest BCUT2D eigenvalue weighted by molar-refractivity contribution is 7.22. The van der Waals surface area contributed by atoms with Crippen molar-refractivity contribution in [1.82, 2.24) is 9.88 Å². The topological polar surface area (TPSA) is 45.7 Å². The van der Waals surface area contributed by atoms with E-state index in [1.807, 2.05) is 63.5 Å². The molecule has 3 rings (SSSR count). The molecule has 6 heteroatoms. The van der Waals surface area contributed by atoms with Crippen molar-refractivity contribution in [3.05, 3.63) is 53.6 Å². The first-order valence-corrected chi connectivity index (χ1v) is 11.1. The number of thiazole rings is 1. The highest BCUT2D eigenvalue weighted by atomic mass is 32.1. The summed E-state index contributed by atoms with van der Waals surface area (Å²) in [6.07, 6.45) is 0. The Morgan fingerprint density at radius 1 is 1.07 bits per heavy atom. The second-order valence-electron chi connectivity index (χ2n) is 8.65. The number of aromatic nitrogens is 1. The molecule has 0 aliphatic carbocycles. The van der Waals surface area contributed by atoms with E-state index in [2.05, 4.69) is 25.7 Å². The Labute approximate surface area is 183 Å². The van der Waals surface area contributed by atoms with Gasteiger partial charge in [-0.1, -0.05) is 44.2 Å². The van der Waals surface area contributed by atoms with Crippen molar-refractivity contribution in [1.29, 1.82) is 0 Å². The maximum Gasteiger partial charge on any atom is 0.260 e. The zero-order valence-electron chi connectivity index (χ0n) is 18.7. The van der Waals surface area contributed by atoms with Gasteiger partial charge in [0, 0.05) is 18.7 Å². The Hall–Kier alpha value is -2.44. The Bertz CT molecular complexity index is 1000. The predicted molar refractivity (Wildman–Crippen MR) is 126 cm³/mol. The molecule has 160 valence electrons.